The van der Waals surface area contributed by atoms with Crippen molar-refractivity contribution in [3.05, 3.63) is 66.0 Å². The Hall–Kier alpha value is -2.42. The molecule has 1 N–H and O–H groups in total. The largest absolute Gasteiger partial charge is 0.478 e. The molecular weight excluding hydrogens is 231 g/mol. The number of carbonyl (C=O) groups is 1. The SMILES string of the molecule is O=C(O)/C=C/c1ccc(-c2cc[c]cc2)cc1F. The lowest BCUT2D eigenvalue weighted by Gasteiger charge is -2.03. The molecule has 0 saturated heterocycles. The van der Waals surface area contributed by atoms with Crippen LogP contribution in [0.5, 0.6) is 0 Å². The van der Waals surface area contributed by atoms with E-state index in [9.17, 15) is 9.18 Å². The second kappa shape index (κ2) is 5.27. The van der Waals surface area contributed by atoms with Gasteiger partial charge in [-0.2, -0.15) is 0 Å². The van der Waals surface area contributed by atoms with Gasteiger partial charge in [-0.3, -0.25) is 0 Å². The number of rotatable bonds is 3. The molecule has 2 aromatic carbocycles. The predicted molar refractivity (Wildman–Crippen MR) is 67.3 cm³/mol. The van der Waals surface area contributed by atoms with Crippen molar-refractivity contribution in [1.29, 1.82) is 0 Å². The maximum atomic E-state index is 13.7. The minimum atomic E-state index is -1.10. The molecule has 0 atom stereocenters. The van der Waals surface area contributed by atoms with E-state index in [1.165, 1.54) is 12.1 Å². The van der Waals surface area contributed by atoms with E-state index >= 15 is 0 Å². The molecule has 0 heterocycles. The Kier molecular flexibility index (Phi) is 3.53. The summed E-state index contributed by atoms with van der Waals surface area (Å²) in [5.41, 5.74) is 1.89. The molecule has 2 nitrogen and oxygen atoms in total. The monoisotopic (exact) mass is 241 g/mol. The van der Waals surface area contributed by atoms with Crippen molar-refractivity contribution < 1.29 is 14.3 Å². The van der Waals surface area contributed by atoms with Crippen molar-refractivity contribution in [3.8, 4) is 11.1 Å². The van der Waals surface area contributed by atoms with Gasteiger partial charge in [-0.25, -0.2) is 9.18 Å². The van der Waals surface area contributed by atoms with Crippen molar-refractivity contribution >= 4 is 12.0 Å². The van der Waals surface area contributed by atoms with Gasteiger partial charge in [0.05, 0.1) is 0 Å². The maximum Gasteiger partial charge on any atom is 0.328 e. The van der Waals surface area contributed by atoms with E-state index in [-0.39, 0.29) is 5.56 Å². The second-order valence-electron chi connectivity index (χ2n) is 3.70. The molecule has 0 aliphatic carbocycles. The lowest BCUT2D eigenvalue weighted by Crippen LogP contribution is -1.88. The fourth-order valence-electron chi connectivity index (χ4n) is 1.58. The topological polar surface area (TPSA) is 37.3 Å². The molecule has 2 aromatic rings. The first kappa shape index (κ1) is 12.0. The number of carboxylic acids is 1. The average molecular weight is 241 g/mol. The first-order valence-electron chi connectivity index (χ1n) is 5.34. The molecule has 0 unspecified atom stereocenters. The minimum Gasteiger partial charge on any atom is -0.478 e. The molecule has 0 aliphatic heterocycles. The lowest BCUT2D eigenvalue weighted by molar-refractivity contribution is -0.131. The second-order valence-corrected chi connectivity index (χ2v) is 3.70. The predicted octanol–water partition coefficient (Wildman–Crippen LogP) is 3.39. The summed E-state index contributed by atoms with van der Waals surface area (Å²) in [5.74, 6) is -1.55. The van der Waals surface area contributed by atoms with Crippen LogP contribution >= 0.6 is 0 Å². The van der Waals surface area contributed by atoms with Gasteiger partial charge in [-0.05, 0) is 29.3 Å². The molecule has 0 aliphatic rings. The first-order valence-corrected chi connectivity index (χ1v) is 5.34. The third-order valence-electron chi connectivity index (χ3n) is 2.46. The number of aliphatic carboxylic acids is 1. The van der Waals surface area contributed by atoms with E-state index in [2.05, 4.69) is 6.07 Å². The summed E-state index contributed by atoms with van der Waals surface area (Å²) >= 11 is 0. The van der Waals surface area contributed by atoms with Gasteiger partial charge in [0.15, 0.2) is 0 Å². The fourth-order valence-corrected chi connectivity index (χ4v) is 1.58. The quantitative estimate of drug-likeness (QED) is 0.836. The highest BCUT2D eigenvalue weighted by Crippen LogP contribution is 2.22. The maximum absolute atomic E-state index is 13.7. The van der Waals surface area contributed by atoms with E-state index in [1.54, 1.807) is 24.3 Å². The zero-order chi connectivity index (χ0) is 13.0. The molecule has 0 bridgehead atoms. The van der Waals surface area contributed by atoms with E-state index < -0.39 is 11.8 Å². The molecule has 0 saturated carbocycles. The van der Waals surface area contributed by atoms with Crippen LogP contribution in [-0.2, 0) is 4.79 Å². The van der Waals surface area contributed by atoms with Crippen molar-refractivity contribution in [2.24, 2.45) is 0 Å². The number of hydrogen-bond acceptors (Lipinski definition) is 1. The summed E-state index contributed by atoms with van der Waals surface area (Å²) < 4.78 is 13.7. The summed E-state index contributed by atoms with van der Waals surface area (Å²) in [5, 5.41) is 8.49. The highest BCUT2D eigenvalue weighted by atomic mass is 19.1. The molecule has 18 heavy (non-hydrogen) atoms. The number of hydrogen-bond donors (Lipinski definition) is 1. The summed E-state index contributed by atoms with van der Waals surface area (Å²) in [6.45, 7) is 0. The molecular formula is C15H10FO2. The Balaban J connectivity index is 2.34. The third kappa shape index (κ3) is 2.83. The first-order chi connectivity index (χ1) is 8.66. The Morgan fingerprint density at radius 2 is 1.89 bits per heavy atom. The Bertz CT molecular complexity index is 589. The van der Waals surface area contributed by atoms with Gasteiger partial charge in [0.2, 0.25) is 0 Å². The number of halogens is 1. The Labute approximate surface area is 104 Å². The Morgan fingerprint density at radius 3 is 2.50 bits per heavy atom. The highest BCUT2D eigenvalue weighted by Gasteiger charge is 2.03. The van der Waals surface area contributed by atoms with Gasteiger partial charge < -0.3 is 5.11 Å². The van der Waals surface area contributed by atoms with Gasteiger partial charge in [0, 0.05) is 11.6 Å². The van der Waals surface area contributed by atoms with E-state index in [0.717, 1.165) is 17.2 Å². The summed E-state index contributed by atoms with van der Waals surface area (Å²) in [6, 6.07) is 14.8. The molecule has 0 amide bonds. The molecule has 0 spiro atoms. The van der Waals surface area contributed by atoms with Crippen LogP contribution in [0.3, 0.4) is 0 Å². The van der Waals surface area contributed by atoms with Crippen molar-refractivity contribution in [2.45, 2.75) is 0 Å². The number of benzene rings is 2. The lowest BCUT2D eigenvalue weighted by atomic mass is 10.0. The van der Waals surface area contributed by atoms with Crippen LogP contribution in [0, 0.1) is 11.9 Å². The highest BCUT2D eigenvalue weighted by molar-refractivity contribution is 5.85. The van der Waals surface area contributed by atoms with Crippen LogP contribution in [0.25, 0.3) is 17.2 Å². The zero-order valence-electron chi connectivity index (χ0n) is 9.43. The summed E-state index contributed by atoms with van der Waals surface area (Å²) in [4.78, 5) is 10.4. The van der Waals surface area contributed by atoms with Crippen molar-refractivity contribution in [1.82, 2.24) is 0 Å². The normalized spacial score (nSPS) is 10.7. The van der Waals surface area contributed by atoms with Crippen LogP contribution < -0.4 is 0 Å². The van der Waals surface area contributed by atoms with Crippen molar-refractivity contribution in [2.75, 3.05) is 0 Å². The van der Waals surface area contributed by atoms with E-state index in [4.69, 9.17) is 5.11 Å². The van der Waals surface area contributed by atoms with Crippen LogP contribution in [0.2, 0.25) is 0 Å². The Morgan fingerprint density at radius 1 is 1.17 bits per heavy atom. The van der Waals surface area contributed by atoms with Crippen LogP contribution in [-0.4, -0.2) is 11.1 Å². The fraction of sp³-hybridized carbons (Fsp3) is 0. The summed E-state index contributed by atoms with van der Waals surface area (Å²) in [6.07, 6.45) is 2.15. The van der Waals surface area contributed by atoms with Crippen LogP contribution in [0.1, 0.15) is 5.56 Å². The van der Waals surface area contributed by atoms with Gasteiger partial charge in [-0.15, -0.1) is 0 Å². The van der Waals surface area contributed by atoms with E-state index in [0.29, 0.717) is 0 Å². The van der Waals surface area contributed by atoms with Gasteiger partial charge in [-0.1, -0.05) is 36.4 Å². The van der Waals surface area contributed by atoms with Gasteiger partial charge >= 0.3 is 5.97 Å². The standard InChI is InChI=1S/C15H10FO2/c16-14-10-13(11-4-2-1-3-5-11)7-6-12(14)8-9-15(17)18/h2-10H,(H,17,18)/b9-8+. The third-order valence-corrected chi connectivity index (χ3v) is 2.46. The van der Waals surface area contributed by atoms with E-state index in [1.807, 2.05) is 12.1 Å². The molecule has 89 valence electrons. The van der Waals surface area contributed by atoms with Crippen LogP contribution in [0.4, 0.5) is 4.39 Å². The van der Waals surface area contributed by atoms with Crippen LogP contribution in [0.15, 0.2) is 48.5 Å². The molecule has 0 aromatic heterocycles. The minimum absolute atomic E-state index is 0.253. The van der Waals surface area contributed by atoms with Crippen molar-refractivity contribution in [3.63, 3.8) is 0 Å². The van der Waals surface area contributed by atoms with Gasteiger partial charge in [0.1, 0.15) is 5.82 Å². The van der Waals surface area contributed by atoms with Gasteiger partial charge in [0.25, 0.3) is 0 Å². The number of carboxylic acid groups (broad SMARTS) is 1. The molecule has 1 radical (unpaired) electrons. The summed E-state index contributed by atoms with van der Waals surface area (Å²) in [7, 11) is 0. The molecule has 0 fully saturated rings. The molecule has 2 rings (SSSR count). The smallest absolute Gasteiger partial charge is 0.328 e. The zero-order valence-corrected chi connectivity index (χ0v) is 9.43. The molecule has 3 heteroatoms. The average Bonchev–Trinajstić information content (AvgIpc) is 2.38.